The van der Waals surface area contributed by atoms with Gasteiger partial charge in [0.2, 0.25) is 0 Å². The molecule has 1 aliphatic carbocycles. The first-order valence-corrected chi connectivity index (χ1v) is 6.99. The summed E-state index contributed by atoms with van der Waals surface area (Å²) in [5.74, 6) is 0. The number of halogens is 1. The third-order valence-electron chi connectivity index (χ3n) is 3.86. The van der Waals surface area contributed by atoms with Gasteiger partial charge < -0.3 is 4.84 Å². The fraction of sp³-hybridized carbons (Fsp3) is 0.500. The van der Waals surface area contributed by atoms with Crippen molar-refractivity contribution >= 4 is 21.6 Å². The number of nitrogens with zero attached hydrogens (tertiary/aromatic N) is 1. The molecule has 0 atom stereocenters. The van der Waals surface area contributed by atoms with Crippen LogP contribution in [0.1, 0.15) is 43.2 Å². The highest BCUT2D eigenvalue weighted by Crippen LogP contribution is 2.41. The zero-order valence-electron chi connectivity index (χ0n) is 10.0. The van der Waals surface area contributed by atoms with E-state index in [0.29, 0.717) is 0 Å². The fourth-order valence-corrected chi connectivity index (χ4v) is 3.11. The van der Waals surface area contributed by atoms with Crippen LogP contribution in [0.5, 0.6) is 0 Å². The van der Waals surface area contributed by atoms with Crippen LogP contribution in [0.3, 0.4) is 0 Å². The van der Waals surface area contributed by atoms with Crippen molar-refractivity contribution in [1.29, 1.82) is 0 Å². The summed E-state index contributed by atoms with van der Waals surface area (Å²) in [6.07, 6.45) is 5.85. The van der Waals surface area contributed by atoms with Crippen LogP contribution in [0, 0.1) is 6.92 Å². The second kappa shape index (κ2) is 4.13. The first kappa shape index (κ1) is 11.3. The highest BCUT2D eigenvalue weighted by Gasteiger charge is 2.41. The summed E-state index contributed by atoms with van der Waals surface area (Å²) in [4.78, 5) is 5.71. The normalized spacial score (nSPS) is 21.6. The molecule has 2 nitrogen and oxygen atoms in total. The van der Waals surface area contributed by atoms with E-state index in [1.807, 2.05) is 0 Å². The standard InChI is InChI=1S/C14H16BrNO/c1-10-4-5-11(8-12(10)15)13-9-14(17-16-13)6-2-3-7-14/h4-5,8H,2-3,6-7,9H2,1H3. The van der Waals surface area contributed by atoms with Gasteiger partial charge in [-0.3, -0.25) is 0 Å². The smallest absolute Gasteiger partial charge is 0.143 e. The van der Waals surface area contributed by atoms with E-state index >= 15 is 0 Å². The van der Waals surface area contributed by atoms with E-state index < -0.39 is 0 Å². The first-order chi connectivity index (χ1) is 8.19. The van der Waals surface area contributed by atoms with Crippen LogP contribution in [0.25, 0.3) is 0 Å². The molecule has 90 valence electrons. The van der Waals surface area contributed by atoms with Gasteiger partial charge in [0.15, 0.2) is 0 Å². The molecule has 17 heavy (non-hydrogen) atoms. The largest absolute Gasteiger partial charge is 0.389 e. The summed E-state index contributed by atoms with van der Waals surface area (Å²) in [6.45, 7) is 2.10. The van der Waals surface area contributed by atoms with Crippen molar-refractivity contribution in [1.82, 2.24) is 0 Å². The molecule has 3 heteroatoms. The molecule has 0 amide bonds. The SMILES string of the molecule is Cc1ccc(C2=NOC3(CCCC3)C2)cc1Br. The quantitative estimate of drug-likeness (QED) is 0.761. The zero-order valence-corrected chi connectivity index (χ0v) is 11.6. The minimum Gasteiger partial charge on any atom is -0.389 e. The van der Waals surface area contributed by atoms with Crippen molar-refractivity contribution in [2.75, 3.05) is 0 Å². The molecule has 0 saturated heterocycles. The Balaban J connectivity index is 1.84. The van der Waals surface area contributed by atoms with Crippen molar-refractivity contribution in [3.63, 3.8) is 0 Å². The second-order valence-electron chi connectivity index (χ2n) is 5.16. The van der Waals surface area contributed by atoms with Gasteiger partial charge in [-0.15, -0.1) is 0 Å². The molecule has 0 aromatic heterocycles. The monoisotopic (exact) mass is 293 g/mol. The molecular formula is C14H16BrNO. The Morgan fingerprint density at radius 1 is 1.29 bits per heavy atom. The highest BCUT2D eigenvalue weighted by atomic mass is 79.9. The molecule has 3 rings (SSSR count). The van der Waals surface area contributed by atoms with Gasteiger partial charge in [0.25, 0.3) is 0 Å². The Bertz CT molecular complexity index is 475. The van der Waals surface area contributed by atoms with E-state index in [1.54, 1.807) is 0 Å². The predicted molar refractivity (Wildman–Crippen MR) is 72.3 cm³/mol. The van der Waals surface area contributed by atoms with Gasteiger partial charge >= 0.3 is 0 Å². The van der Waals surface area contributed by atoms with Gasteiger partial charge in [-0.2, -0.15) is 0 Å². The fourth-order valence-electron chi connectivity index (χ4n) is 2.74. The lowest BCUT2D eigenvalue weighted by Crippen LogP contribution is -2.24. The average Bonchev–Trinajstić information content (AvgIpc) is 2.94. The molecule has 1 aromatic carbocycles. The van der Waals surface area contributed by atoms with Gasteiger partial charge in [0.05, 0.1) is 5.71 Å². The van der Waals surface area contributed by atoms with Gasteiger partial charge in [0.1, 0.15) is 5.60 Å². The zero-order chi connectivity index (χ0) is 11.9. The molecule has 1 aromatic rings. The van der Waals surface area contributed by atoms with Crippen molar-refractivity contribution < 1.29 is 4.84 Å². The van der Waals surface area contributed by atoms with Crippen LogP contribution >= 0.6 is 15.9 Å². The number of benzene rings is 1. The minimum atomic E-state index is 0.0344. The lowest BCUT2D eigenvalue weighted by Gasteiger charge is -2.19. The molecule has 1 spiro atoms. The van der Waals surface area contributed by atoms with E-state index in [4.69, 9.17) is 4.84 Å². The summed E-state index contributed by atoms with van der Waals surface area (Å²) in [5.41, 5.74) is 3.58. The highest BCUT2D eigenvalue weighted by molar-refractivity contribution is 9.10. The minimum absolute atomic E-state index is 0.0344. The number of hydrogen-bond donors (Lipinski definition) is 0. The summed E-state index contributed by atoms with van der Waals surface area (Å²) >= 11 is 3.57. The number of oxime groups is 1. The number of hydrogen-bond acceptors (Lipinski definition) is 2. The summed E-state index contributed by atoms with van der Waals surface area (Å²) in [5, 5.41) is 4.31. The van der Waals surface area contributed by atoms with E-state index in [0.717, 1.165) is 29.4 Å². The van der Waals surface area contributed by atoms with Crippen molar-refractivity contribution in [2.45, 2.75) is 44.6 Å². The van der Waals surface area contributed by atoms with Crippen LogP contribution < -0.4 is 0 Å². The Hall–Kier alpha value is -0.830. The molecular weight excluding hydrogens is 278 g/mol. The average molecular weight is 294 g/mol. The van der Waals surface area contributed by atoms with Crippen molar-refractivity contribution in [3.05, 3.63) is 33.8 Å². The van der Waals surface area contributed by atoms with E-state index in [2.05, 4.69) is 46.2 Å². The Kier molecular flexibility index (Phi) is 2.74. The first-order valence-electron chi connectivity index (χ1n) is 6.20. The molecule has 0 unspecified atom stereocenters. The maximum Gasteiger partial charge on any atom is 0.143 e. The molecule has 0 N–H and O–H groups in total. The predicted octanol–water partition coefficient (Wildman–Crippen LogP) is 4.19. The van der Waals surface area contributed by atoms with Gasteiger partial charge in [-0.05, 0) is 44.2 Å². The van der Waals surface area contributed by atoms with Crippen LogP contribution in [-0.4, -0.2) is 11.3 Å². The Morgan fingerprint density at radius 3 is 2.76 bits per heavy atom. The molecule has 1 aliphatic heterocycles. The molecule has 0 bridgehead atoms. The third-order valence-corrected chi connectivity index (χ3v) is 4.71. The van der Waals surface area contributed by atoms with Gasteiger partial charge in [-0.25, -0.2) is 0 Å². The van der Waals surface area contributed by atoms with Crippen LogP contribution in [0.4, 0.5) is 0 Å². The topological polar surface area (TPSA) is 21.6 Å². The summed E-state index contributed by atoms with van der Waals surface area (Å²) < 4.78 is 1.14. The lowest BCUT2D eigenvalue weighted by molar-refractivity contribution is -0.0126. The maximum atomic E-state index is 5.71. The molecule has 2 aliphatic rings. The summed E-state index contributed by atoms with van der Waals surface area (Å²) in [7, 11) is 0. The molecule has 1 heterocycles. The second-order valence-corrected chi connectivity index (χ2v) is 6.01. The van der Waals surface area contributed by atoms with Crippen molar-refractivity contribution in [3.8, 4) is 0 Å². The third kappa shape index (κ3) is 2.01. The van der Waals surface area contributed by atoms with E-state index in [9.17, 15) is 0 Å². The number of aryl methyl sites for hydroxylation is 1. The summed E-state index contributed by atoms with van der Waals surface area (Å²) in [6, 6.07) is 6.41. The van der Waals surface area contributed by atoms with Crippen molar-refractivity contribution in [2.24, 2.45) is 5.16 Å². The Labute approximate surface area is 110 Å². The van der Waals surface area contributed by atoms with Crippen LogP contribution in [0.15, 0.2) is 27.8 Å². The maximum absolute atomic E-state index is 5.71. The molecule has 1 fully saturated rings. The van der Waals surface area contributed by atoms with Gasteiger partial charge in [0, 0.05) is 16.5 Å². The van der Waals surface area contributed by atoms with Gasteiger partial charge in [-0.1, -0.05) is 33.2 Å². The lowest BCUT2D eigenvalue weighted by atomic mass is 9.92. The number of rotatable bonds is 1. The molecule has 1 saturated carbocycles. The van der Waals surface area contributed by atoms with Crippen LogP contribution in [-0.2, 0) is 4.84 Å². The van der Waals surface area contributed by atoms with Crippen LogP contribution in [0.2, 0.25) is 0 Å². The molecule has 0 radical (unpaired) electrons. The van der Waals surface area contributed by atoms with E-state index in [1.165, 1.54) is 24.0 Å². The van der Waals surface area contributed by atoms with E-state index in [-0.39, 0.29) is 5.60 Å². The Morgan fingerprint density at radius 2 is 2.06 bits per heavy atom.